The zero-order valence-electron chi connectivity index (χ0n) is 9.09. The zero-order chi connectivity index (χ0) is 11.4. The molecule has 1 aliphatic rings. The predicted octanol–water partition coefficient (Wildman–Crippen LogP) is 2.52. The van der Waals surface area contributed by atoms with Gasteiger partial charge in [0.2, 0.25) is 6.79 Å². The number of nitrogens with one attached hydrogen (secondary N) is 1. The Morgan fingerprint density at radius 2 is 2.31 bits per heavy atom. The summed E-state index contributed by atoms with van der Waals surface area (Å²) in [5, 5.41) is 3.97. The topological polar surface area (TPSA) is 30.5 Å². The van der Waals surface area contributed by atoms with Gasteiger partial charge in [-0.15, -0.1) is 0 Å². The van der Waals surface area contributed by atoms with Crippen molar-refractivity contribution in [3.63, 3.8) is 0 Å². The lowest BCUT2D eigenvalue weighted by Gasteiger charge is -2.06. The standard InChI is InChI=1S/C11H14ClNO2S/c1-16-3-2-13-6-8-4-9(12)11-10(5-8)14-7-15-11/h4-5,13H,2-3,6-7H2,1H3. The second-order valence-corrected chi connectivity index (χ2v) is 4.87. The van der Waals surface area contributed by atoms with Crippen LogP contribution in [0.4, 0.5) is 0 Å². The lowest BCUT2D eigenvalue weighted by atomic mass is 10.2. The van der Waals surface area contributed by atoms with Crippen LogP contribution < -0.4 is 14.8 Å². The molecule has 0 aliphatic carbocycles. The fourth-order valence-electron chi connectivity index (χ4n) is 1.53. The second kappa shape index (κ2) is 5.66. The summed E-state index contributed by atoms with van der Waals surface area (Å²) in [4.78, 5) is 0. The molecule has 3 nitrogen and oxygen atoms in total. The summed E-state index contributed by atoms with van der Waals surface area (Å²) >= 11 is 7.90. The third-order valence-corrected chi connectivity index (χ3v) is 3.19. The molecule has 0 saturated carbocycles. The monoisotopic (exact) mass is 259 g/mol. The van der Waals surface area contributed by atoms with Crippen molar-refractivity contribution in [1.82, 2.24) is 5.32 Å². The van der Waals surface area contributed by atoms with Crippen molar-refractivity contribution >= 4 is 23.4 Å². The number of hydrogen-bond donors (Lipinski definition) is 1. The first kappa shape index (κ1) is 11.9. The quantitative estimate of drug-likeness (QED) is 0.824. The summed E-state index contributed by atoms with van der Waals surface area (Å²) in [5.41, 5.74) is 1.12. The highest BCUT2D eigenvalue weighted by Crippen LogP contribution is 2.39. The number of hydrogen-bond acceptors (Lipinski definition) is 4. The third kappa shape index (κ3) is 2.75. The molecule has 88 valence electrons. The molecule has 1 heterocycles. The Kier molecular flexibility index (Phi) is 4.21. The lowest BCUT2D eigenvalue weighted by molar-refractivity contribution is 0.174. The molecule has 2 rings (SSSR count). The van der Waals surface area contributed by atoms with Crippen LogP contribution in [0.5, 0.6) is 11.5 Å². The Balaban J connectivity index is 1.97. The summed E-state index contributed by atoms with van der Waals surface area (Å²) in [5.74, 6) is 2.52. The molecule has 1 aromatic carbocycles. The highest BCUT2D eigenvalue weighted by Gasteiger charge is 2.17. The van der Waals surface area contributed by atoms with Crippen molar-refractivity contribution < 1.29 is 9.47 Å². The molecule has 0 unspecified atom stereocenters. The van der Waals surface area contributed by atoms with E-state index < -0.39 is 0 Å². The maximum Gasteiger partial charge on any atom is 0.231 e. The lowest BCUT2D eigenvalue weighted by Crippen LogP contribution is -2.16. The molecule has 1 aromatic rings. The van der Waals surface area contributed by atoms with Gasteiger partial charge in [-0.3, -0.25) is 0 Å². The number of ether oxygens (including phenoxy) is 2. The zero-order valence-corrected chi connectivity index (χ0v) is 10.7. The van der Waals surface area contributed by atoms with Gasteiger partial charge >= 0.3 is 0 Å². The van der Waals surface area contributed by atoms with Gasteiger partial charge in [0.15, 0.2) is 11.5 Å². The molecule has 0 amide bonds. The Hall–Kier alpha value is -0.580. The van der Waals surface area contributed by atoms with Crippen molar-refractivity contribution in [2.45, 2.75) is 6.54 Å². The number of rotatable bonds is 5. The molecular formula is C11H14ClNO2S. The van der Waals surface area contributed by atoms with Gasteiger partial charge in [0.05, 0.1) is 5.02 Å². The molecule has 0 fully saturated rings. The molecule has 0 bridgehead atoms. The number of halogens is 1. The fraction of sp³-hybridized carbons (Fsp3) is 0.455. The molecule has 1 aliphatic heterocycles. The second-order valence-electron chi connectivity index (χ2n) is 3.48. The number of benzene rings is 1. The number of thioether (sulfide) groups is 1. The minimum Gasteiger partial charge on any atom is -0.454 e. The maximum atomic E-state index is 6.08. The Bertz CT molecular complexity index is 373. The average molecular weight is 260 g/mol. The van der Waals surface area contributed by atoms with Crippen molar-refractivity contribution in [3.05, 3.63) is 22.7 Å². The van der Waals surface area contributed by atoms with E-state index in [4.69, 9.17) is 21.1 Å². The van der Waals surface area contributed by atoms with E-state index in [0.29, 0.717) is 10.8 Å². The van der Waals surface area contributed by atoms with E-state index in [1.54, 1.807) is 0 Å². The van der Waals surface area contributed by atoms with Crippen molar-refractivity contribution in [3.8, 4) is 11.5 Å². The van der Waals surface area contributed by atoms with Crippen molar-refractivity contribution in [2.24, 2.45) is 0 Å². The highest BCUT2D eigenvalue weighted by molar-refractivity contribution is 7.98. The maximum absolute atomic E-state index is 6.08. The first-order valence-electron chi connectivity index (χ1n) is 5.09. The molecule has 0 radical (unpaired) electrons. The SMILES string of the molecule is CSCCNCc1cc(Cl)c2c(c1)OCO2. The van der Waals surface area contributed by atoms with Gasteiger partial charge in [0.25, 0.3) is 0 Å². The molecule has 0 atom stereocenters. The summed E-state index contributed by atoms with van der Waals surface area (Å²) in [6, 6.07) is 3.89. The van der Waals surface area contributed by atoms with Gasteiger partial charge in [0.1, 0.15) is 0 Å². The van der Waals surface area contributed by atoms with Gasteiger partial charge in [-0.1, -0.05) is 11.6 Å². The third-order valence-electron chi connectivity index (χ3n) is 2.30. The molecule has 16 heavy (non-hydrogen) atoms. The van der Waals surface area contributed by atoms with E-state index in [1.807, 2.05) is 23.9 Å². The van der Waals surface area contributed by atoms with Crippen LogP contribution in [0.25, 0.3) is 0 Å². The normalized spacial score (nSPS) is 13.1. The van der Waals surface area contributed by atoms with Crippen LogP contribution in [0.3, 0.4) is 0 Å². The van der Waals surface area contributed by atoms with Gasteiger partial charge < -0.3 is 14.8 Å². The molecular weight excluding hydrogens is 246 g/mol. The Labute approximate surface area is 104 Å². The van der Waals surface area contributed by atoms with E-state index in [0.717, 1.165) is 30.2 Å². The van der Waals surface area contributed by atoms with Crippen LogP contribution >= 0.6 is 23.4 Å². The minimum atomic E-state index is 0.262. The predicted molar refractivity (Wildman–Crippen MR) is 67.7 cm³/mol. The van der Waals surface area contributed by atoms with Gasteiger partial charge in [-0.25, -0.2) is 0 Å². The molecule has 1 N–H and O–H groups in total. The first-order chi connectivity index (χ1) is 7.81. The first-order valence-corrected chi connectivity index (χ1v) is 6.86. The summed E-state index contributed by atoms with van der Waals surface area (Å²) in [6.07, 6.45) is 2.10. The van der Waals surface area contributed by atoms with E-state index in [1.165, 1.54) is 0 Å². The van der Waals surface area contributed by atoms with Crippen molar-refractivity contribution in [2.75, 3.05) is 25.3 Å². The van der Waals surface area contributed by atoms with Crippen LogP contribution in [0.1, 0.15) is 5.56 Å². The Morgan fingerprint density at radius 3 is 3.12 bits per heavy atom. The summed E-state index contributed by atoms with van der Waals surface area (Å²) < 4.78 is 10.6. The van der Waals surface area contributed by atoms with Gasteiger partial charge in [-0.05, 0) is 24.0 Å². The van der Waals surface area contributed by atoms with E-state index in [-0.39, 0.29) is 6.79 Å². The van der Waals surface area contributed by atoms with E-state index in [9.17, 15) is 0 Å². The van der Waals surface area contributed by atoms with Crippen LogP contribution in [0, 0.1) is 0 Å². The fourth-order valence-corrected chi connectivity index (χ4v) is 2.17. The number of fused-ring (bicyclic) bond motifs is 1. The highest BCUT2D eigenvalue weighted by atomic mass is 35.5. The largest absolute Gasteiger partial charge is 0.454 e. The summed E-state index contributed by atoms with van der Waals surface area (Å²) in [7, 11) is 0. The van der Waals surface area contributed by atoms with Gasteiger partial charge in [-0.2, -0.15) is 11.8 Å². The Morgan fingerprint density at radius 1 is 1.44 bits per heavy atom. The van der Waals surface area contributed by atoms with Crippen LogP contribution in [-0.2, 0) is 6.54 Å². The summed E-state index contributed by atoms with van der Waals surface area (Å²) in [6.45, 7) is 2.06. The average Bonchev–Trinajstić information content (AvgIpc) is 2.73. The van der Waals surface area contributed by atoms with Crippen LogP contribution in [0.15, 0.2) is 12.1 Å². The molecule has 5 heteroatoms. The smallest absolute Gasteiger partial charge is 0.231 e. The van der Waals surface area contributed by atoms with Gasteiger partial charge in [0, 0.05) is 18.8 Å². The van der Waals surface area contributed by atoms with Crippen molar-refractivity contribution in [1.29, 1.82) is 0 Å². The van der Waals surface area contributed by atoms with Crippen LogP contribution in [0.2, 0.25) is 5.02 Å². The molecule has 0 aromatic heterocycles. The minimum absolute atomic E-state index is 0.262. The molecule has 0 spiro atoms. The van der Waals surface area contributed by atoms with E-state index >= 15 is 0 Å². The van der Waals surface area contributed by atoms with E-state index in [2.05, 4.69) is 11.6 Å². The van der Waals surface area contributed by atoms with Crippen LogP contribution in [-0.4, -0.2) is 25.3 Å². The molecule has 0 saturated heterocycles.